The molecule has 2 nitrogen and oxygen atoms in total. The second-order valence-corrected chi connectivity index (χ2v) is 4.72. The fourth-order valence-corrected chi connectivity index (χ4v) is 2.59. The van der Waals surface area contributed by atoms with E-state index in [1.54, 1.807) is 0 Å². The molecule has 1 fully saturated rings. The Morgan fingerprint density at radius 1 is 1.27 bits per heavy atom. The summed E-state index contributed by atoms with van der Waals surface area (Å²) >= 11 is 0. The van der Waals surface area contributed by atoms with Crippen LogP contribution >= 0.6 is 0 Å². The van der Waals surface area contributed by atoms with E-state index < -0.39 is 0 Å². The third-order valence-corrected chi connectivity index (χ3v) is 3.79. The minimum absolute atomic E-state index is 0.674. The van der Waals surface area contributed by atoms with Crippen molar-refractivity contribution in [3.8, 4) is 0 Å². The lowest BCUT2D eigenvalue weighted by atomic mass is 9.85. The fraction of sp³-hybridized carbons (Fsp3) is 0.769. The number of aryl methyl sites for hydroxylation is 1. The van der Waals surface area contributed by atoms with Crippen LogP contribution in [0.15, 0.2) is 12.3 Å². The molecule has 2 rings (SSSR count). The molecule has 0 unspecified atom stereocenters. The summed E-state index contributed by atoms with van der Waals surface area (Å²) in [6.07, 6.45) is 10.00. The Balaban J connectivity index is 1.95. The third kappa shape index (κ3) is 2.42. The van der Waals surface area contributed by atoms with Gasteiger partial charge in [-0.05, 0) is 44.1 Å². The van der Waals surface area contributed by atoms with Gasteiger partial charge in [0.1, 0.15) is 0 Å². The third-order valence-electron chi connectivity index (χ3n) is 3.79. The molecule has 0 radical (unpaired) electrons. The first-order valence-corrected chi connectivity index (χ1v) is 6.37. The number of nitrogens with zero attached hydrogens (tertiary/aromatic N) is 2. The Kier molecular flexibility index (Phi) is 3.45. The summed E-state index contributed by atoms with van der Waals surface area (Å²) in [5.74, 6) is 0.974. The van der Waals surface area contributed by atoms with E-state index in [1.807, 2.05) is 0 Å². The Bertz CT molecular complexity index is 295. The number of rotatable bonds is 3. The van der Waals surface area contributed by atoms with Gasteiger partial charge in [0.05, 0.1) is 11.7 Å². The minimum Gasteiger partial charge on any atom is -0.269 e. The van der Waals surface area contributed by atoms with Crippen LogP contribution < -0.4 is 0 Å². The molecule has 0 bridgehead atoms. The van der Waals surface area contributed by atoms with Gasteiger partial charge >= 0.3 is 0 Å². The summed E-state index contributed by atoms with van der Waals surface area (Å²) in [5.41, 5.74) is 1.23. The quantitative estimate of drug-likeness (QED) is 0.739. The molecule has 1 aliphatic rings. The average molecular weight is 206 g/mol. The van der Waals surface area contributed by atoms with Crippen molar-refractivity contribution in [2.24, 2.45) is 5.92 Å². The predicted octanol–water partition coefficient (Wildman–Crippen LogP) is 3.59. The molecule has 2 heteroatoms. The van der Waals surface area contributed by atoms with Crippen LogP contribution in [0.4, 0.5) is 0 Å². The monoisotopic (exact) mass is 206 g/mol. The highest BCUT2D eigenvalue weighted by Crippen LogP contribution is 2.33. The largest absolute Gasteiger partial charge is 0.269 e. The molecule has 0 amide bonds. The van der Waals surface area contributed by atoms with Crippen molar-refractivity contribution in [1.82, 2.24) is 9.78 Å². The SMILES string of the molecule is CCc1ccn([C@H]2CC[C@H](CC)CC2)n1. The summed E-state index contributed by atoms with van der Waals surface area (Å²) in [7, 11) is 0. The van der Waals surface area contributed by atoms with Crippen LogP contribution in [0.1, 0.15) is 57.7 Å². The number of aromatic nitrogens is 2. The van der Waals surface area contributed by atoms with Crippen LogP contribution in [0.5, 0.6) is 0 Å². The summed E-state index contributed by atoms with van der Waals surface area (Å²) in [4.78, 5) is 0. The van der Waals surface area contributed by atoms with E-state index in [0.717, 1.165) is 12.3 Å². The zero-order chi connectivity index (χ0) is 10.7. The molecule has 1 aromatic rings. The van der Waals surface area contributed by atoms with Gasteiger partial charge in [-0.2, -0.15) is 5.10 Å². The van der Waals surface area contributed by atoms with Gasteiger partial charge in [-0.3, -0.25) is 4.68 Å². The van der Waals surface area contributed by atoms with Crippen LogP contribution in [-0.2, 0) is 6.42 Å². The van der Waals surface area contributed by atoms with E-state index in [1.165, 1.54) is 37.8 Å². The Labute approximate surface area is 92.7 Å². The molecule has 0 atom stereocenters. The molecule has 0 aromatic carbocycles. The molecular formula is C13H22N2. The van der Waals surface area contributed by atoms with E-state index in [-0.39, 0.29) is 0 Å². The Hall–Kier alpha value is -0.790. The number of hydrogen-bond donors (Lipinski definition) is 0. The first kappa shape index (κ1) is 10.7. The van der Waals surface area contributed by atoms with Gasteiger partial charge in [-0.1, -0.05) is 20.3 Å². The summed E-state index contributed by atoms with van der Waals surface area (Å²) < 4.78 is 2.20. The second-order valence-electron chi connectivity index (χ2n) is 4.72. The molecule has 0 N–H and O–H groups in total. The van der Waals surface area contributed by atoms with E-state index in [9.17, 15) is 0 Å². The maximum Gasteiger partial charge on any atom is 0.0621 e. The van der Waals surface area contributed by atoms with Crippen molar-refractivity contribution in [1.29, 1.82) is 0 Å². The van der Waals surface area contributed by atoms with Gasteiger partial charge in [0.15, 0.2) is 0 Å². The molecular weight excluding hydrogens is 184 g/mol. The molecule has 0 aliphatic heterocycles. The molecule has 1 aromatic heterocycles. The first-order chi connectivity index (χ1) is 7.33. The topological polar surface area (TPSA) is 17.8 Å². The zero-order valence-corrected chi connectivity index (χ0v) is 9.95. The number of hydrogen-bond acceptors (Lipinski definition) is 1. The van der Waals surface area contributed by atoms with E-state index >= 15 is 0 Å². The van der Waals surface area contributed by atoms with E-state index in [0.29, 0.717) is 6.04 Å². The maximum atomic E-state index is 4.62. The molecule has 15 heavy (non-hydrogen) atoms. The minimum atomic E-state index is 0.674. The fourth-order valence-electron chi connectivity index (χ4n) is 2.59. The van der Waals surface area contributed by atoms with Crippen molar-refractivity contribution in [3.63, 3.8) is 0 Å². The maximum absolute atomic E-state index is 4.62. The zero-order valence-electron chi connectivity index (χ0n) is 9.95. The highest BCUT2D eigenvalue weighted by atomic mass is 15.3. The smallest absolute Gasteiger partial charge is 0.0621 e. The van der Waals surface area contributed by atoms with Crippen LogP contribution in [0.2, 0.25) is 0 Å². The highest BCUT2D eigenvalue weighted by Gasteiger charge is 2.21. The highest BCUT2D eigenvalue weighted by molar-refractivity contribution is 4.99. The van der Waals surface area contributed by atoms with Crippen LogP contribution in [0.3, 0.4) is 0 Å². The van der Waals surface area contributed by atoms with Gasteiger partial charge in [0.25, 0.3) is 0 Å². The molecule has 0 spiro atoms. The standard InChI is InChI=1S/C13H22N2/c1-3-11-5-7-13(8-6-11)15-10-9-12(4-2)14-15/h9-11,13H,3-8H2,1-2H3/t11-,13-. The van der Waals surface area contributed by atoms with Crippen molar-refractivity contribution < 1.29 is 0 Å². The van der Waals surface area contributed by atoms with Gasteiger partial charge in [0.2, 0.25) is 0 Å². The predicted molar refractivity (Wildman–Crippen MR) is 62.9 cm³/mol. The van der Waals surface area contributed by atoms with Crippen molar-refractivity contribution >= 4 is 0 Å². The van der Waals surface area contributed by atoms with Crippen LogP contribution in [0.25, 0.3) is 0 Å². The Morgan fingerprint density at radius 3 is 2.53 bits per heavy atom. The van der Waals surface area contributed by atoms with Gasteiger partial charge in [0, 0.05) is 6.20 Å². The van der Waals surface area contributed by atoms with E-state index in [4.69, 9.17) is 0 Å². The summed E-state index contributed by atoms with van der Waals surface area (Å²) in [6, 6.07) is 2.83. The van der Waals surface area contributed by atoms with E-state index in [2.05, 4.69) is 35.9 Å². The van der Waals surface area contributed by atoms with Gasteiger partial charge in [-0.25, -0.2) is 0 Å². The molecule has 1 aliphatic carbocycles. The molecule has 1 saturated carbocycles. The Morgan fingerprint density at radius 2 is 2.00 bits per heavy atom. The lowest BCUT2D eigenvalue weighted by Gasteiger charge is -2.27. The summed E-state index contributed by atoms with van der Waals surface area (Å²) in [5, 5.41) is 4.62. The molecule has 0 saturated heterocycles. The first-order valence-electron chi connectivity index (χ1n) is 6.37. The molecule has 84 valence electrons. The van der Waals surface area contributed by atoms with Crippen molar-refractivity contribution in [3.05, 3.63) is 18.0 Å². The van der Waals surface area contributed by atoms with Gasteiger partial charge in [-0.15, -0.1) is 0 Å². The normalized spacial score (nSPS) is 26.8. The summed E-state index contributed by atoms with van der Waals surface area (Å²) in [6.45, 7) is 4.48. The molecule has 1 heterocycles. The lowest BCUT2D eigenvalue weighted by molar-refractivity contribution is 0.255. The van der Waals surface area contributed by atoms with Crippen molar-refractivity contribution in [2.45, 2.75) is 58.4 Å². The van der Waals surface area contributed by atoms with Crippen molar-refractivity contribution in [2.75, 3.05) is 0 Å². The van der Waals surface area contributed by atoms with Crippen LogP contribution in [-0.4, -0.2) is 9.78 Å². The second kappa shape index (κ2) is 4.82. The average Bonchev–Trinajstić information content (AvgIpc) is 2.78. The van der Waals surface area contributed by atoms with Crippen LogP contribution in [0, 0.1) is 5.92 Å². The lowest BCUT2D eigenvalue weighted by Crippen LogP contribution is -2.18. The van der Waals surface area contributed by atoms with Gasteiger partial charge < -0.3 is 0 Å².